The number of halogens is 1. The number of carbonyl (C=O) groups is 1. The van der Waals surface area contributed by atoms with Gasteiger partial charge in [0, 0.05) is 17.1 Å². The quantitative estimate of drug-likeness (QED) is 0.509. The molecule has 130 valence electrons. The number of hydrogen-bond acceptors (Lipinski definition) is 3. The van der Waals surface area contributed by atoms with Gasteiger partial charge in [-0.2, -0.15) is 0 Å². The normalized spacial score (nSPS) is 10.8. The molecule has 0 radical (unpaired) electrons. The number of nitrogens with one attached hydrogen (secondary N) is 1. The molecular formula is C20H20FNO3. The topological polar surface area (TPSA) is 51.3 Å². The number of aromatic amines is 1. The molecule has 0 spiro atoms. The predicted molar refractivity (Wildman–Crippen MR) is 94.5 cm³/mol. The Balaban J connectivity index is 1.53. The van der Waals surface area contributed by atoms with Crippen LogP contribution in [0.15, 0.2) is 48.7 Å². The van der Waals surface area contributed by atoms with Crippen LogP contribution in [-0.2, 0) is 11.2 Å². The largest absolute Gasteiger partial charge is 0.494 e. The highest BCUT2D eigenvalue weighted by atomic mass is 19.1. The SMILES string of the molecule is CCOc1cccc(C(=O)OCCCc2c[nH]c3ccc(F)cc23)c1. The zero-order valence-corrected chi connectivity index (χ0v) is 14.0. The third-order valence-corrected chi connectivity index (χ3v) is 3.93. The highest BCUT2D eigenvalue weighted by molar-refractivity contribution is 5.89. The smallest absolute Gasteiger partial charge is 0.338 e. The lowest BCUT2D eigenvalue weighted by Crippen LogP contribution is -2.07. The number of hydrogen-bond donors (Lipinski definition) is 1. The summed E-state index contributed by atoms with van der Waals surface area (Å²) in [5.74, 6) is 0.0262. The first kappa shape index (κ1) is 17.0. The summed E-state index contributed by atoms with van der Waals surface area (Å²) in [4.78, 5) is 15.2. The standard InChI is InChI=1S/C20H20FNO3/c1-2-24-17-7-3-5-14(11-17)20(23)25-10-4-6-15-13-22-19-9-8-16(21)12-18(15)19/h3,5,7-9,11-13,22H,2,4,6,10H2,1H3. The first-order valence-corrected chi connectivity index (χ1v) is 8.33. The van der Waals surface area contributed by atoms with Crippen molar-refractivity contribution >= 4 is 16.9 Å². The molecule has 4 nitrogen and oxygen atoms in total. The van der Waals surface area contributed by atoms with E-state index < -0.39 is 0 Å². The van der Waals surface area contributed by atoms with Gasteiger partial charge in [0.25, 0.3) is 0 Å². The minimum Gasteiger partial charge on any atom is -0.494 e. The number of aromatic nitrogens is 1. The molecule has 3 aromatic rings. The van der Waals surface area contributed by atoms with Gasteiger partial charge in [-0.3, -0.25) is 0 Å². The summed E-state index contributed by atoms with van der Waals surface area (Å²) in [6.07, 6.45) is 3.24. The van der Waals surface area contributed by atoms with Gasteiger partial charge in [0.15, 0.2) is 0 Å². The van der Waals surface area contributed by atoms with Crippen molar-refractivity contribution < 1.29 is 18.7 Å². The Labute approximate surface area is 145 Å². The predicted octanol–water partition coefficient (Wildman–Crippen LogP) is 4.50. The van der Waals surface area contributed by atoms with E-state index in [9.17, 15) is 9.18 Å². The first-order valence-electron chi connectivity index (χ1n) is 8.33. The van der Waals surface area contributed by atoms with Gasteiger partial charge >= 0.3 is 5.97 Å². The summed E-state index contributed by atoms with van der Waals surface area (Å²) in [5.41, 5.74) is 2.39. The lowest BCUT2D eigenvalue weighted by Gasteiger charge is -2.07. The molecule has 1 aromatic heterocycles. The zero-order valence-electron chi connectivity index (χ0n) is 14.0. The number of aryl methyl sites for hydroxylation is 1. The third kappa shape index (κ3) is 4.18. The summed E-state index contributed by atoms with van der Waals surface area (Å²) in [7, 11) is 0. The second-order valence-corrected chi connectivity index (χ2v) is 5.70. The van der Waals surface area contributed by atoms with Crippen LogP contribution in [0.5, 0.6) is 5.75 Å². The van der Waals surface area contributed by atoms with E-state index >= 15 is 0 Å². The zero-order chi connectivity index (χ0) is 17.6. The lowest BCUT2D eigenvalue weighted by atomic mass is 10.1. The maximum Gasteiger partial charge on any atom is 0.338 e. The molecule has 1 N–H and O–H groups in total. The summed E-state index contributed by atoms with van der Waals surface area (Å²) >= 11 is 0. The van der Waals surface area contributed by atoms with Gasteiger partial charge in [-0.15, -0.1) is 0 Å². The first-order chi connectivity index (χ1) is 12.2. The van der Waals surface area contributed by atoms with Crippen molar-refractivity contribution in [3.8, 4) is 5.75 Å². The van der Waals surface area contributed by atoms with Gasteiger partial charge in [0.2, 0.25) is 0 Å². The van der Waals surface area contributed by atoms with E-state index in [0.29, 0.717) is 37.4 Å². The van der Waals surface area contributed by atoms with Crippen molar-refractivity contribution in [2.45, 2.75) is 19.8 Å². The van der Waals surface area contributed by atoms with Crippen molar-refractivity contribution in [3.63, 3.8) is 0 Å². The van der Waals surface area contributed by atoms with E-state index in [4.69, 9.17) is 9.47 Å². The van der Waals surface area contributed by atoms with E-state index in [1.54, 1.807) is 30.3 Å². The maximum absolute atomic E-state index is 13.4. The Kier molecular flexibility index (Phi) is 5.33. The average Bonchev–Trinajstić information content (AvgIpc) is 3.01. The Morgan fingerprint density at radius 3 is 2.92 bits per heavy atom. The molecule has 0 bridgehead atoms. The van der Waals surface area contributed by atoms with Crippen molar-refractivity contribution in [3.05, 3.63) is 65.6 Å². The molecule has 2 aromatic carbocycles. The number of rotatable bonds is 7. The molecule has 3 rings (SSSR count). The van der Waals surface area contributed by atoms with E-state index in [1.807, 2.05) is 13.1 Å². The van der Waals surface area contributed by atoms with Gasteiger partial charge in [-0.25, -0.2) is 9.18 Å². The van der Waals surface area contributed by atoms with Crippen LogP contribution in [-0.4, -0.2) is 24.2 Å². The van der Waals surface area contributed by atoms with Gasteiger partial charge in [0.05, 0.1) is 18.8 Å². The second kappa shape index (κ2) is 7.83. The molecule has 0 aliphatic heterocycles. The van der Waals surface area contributed by atoms with Crippen LogP contribution >= 0.6 is 0 Å². The fourth-order valence-electron chi connectivity index (χ4n) is 2.75. The molecule has 0 saturated heterocycles. The van der Waals surface area contributed by atoms with E-state index in [0.717, 1.165) is 16.5 Å². The molecule has 1 heterocycles. The molecule has 0 unspecified atom stereocenters. The Morgan fingerprint density at radius 1 is 1.20 bits per heavy atom. The maximum atomic E-state index is 13.4. The molecule has 25 heavy (non-hydrogen) atoms. The van der Waals surface area contributed by atoms with Gasteiger partial charge in [0.1, 0.15) is 11.6 Å². The summed E-state index contributed by atoms with van der Waals surface area (Å²) in [5, 5.41) is 0.871. The Bertz CT molecular complexity index is 872. The molecule has 0 aliphatic rings. The molecule has 0 amide bonds. The molecular weight excluding hydrogens is 321 g/mol. The summed E-state index contributed by atoms with van der Waals surface area (Å²) < 4.78 is 24.1. The number of carbonyl (C=O) groups excluding carboxylic acids is 1. The van der Waals surface area contributed by atoms with E-state index in [-0.39, 0.29) is 11.8 Å². The summed E-state index contributed by atoms with van der Waals surface area (Å²) in [6.45, 7) is 2.74. The number of ether oxygens (including phenoxy) is 2. The number of H-pyrrole nitrogens is 1. The monoisotopic (exact) mass is 341 g/mol. The minimum atomic E-state index is -0.369. The fourth-order valence-corrected chi connectivity index (χ4v) is 2.75. The number of benzene rings is 2. The van der Waals surface area contributed by atoms with Crippen LogP contribution in [0.4, 0.5) is 4.39 Å². The molecule has 0 aliphatic carbocycles. The van der Waals surface area contributed by atoms with Crippen LogP contribution in [0.2, 0.25) is 0 Å². The number of esters is 1. The van der Waals surface area contributed by atoms with E-state index in [2.05, 4.69) is 4.98 Å². The van der Waals surface area contributed by atoms with Crippen LogP contribution in [0.25, 0.3) is 10.9 Å². The Hall–Kier alpha value is -2.82. The molecule has 0 saturated carbocycles. The molecule has 0 fully saturated rings. The summed E-state index contributed by atoms with van der Waals surface area (Å²) in [6, 6.07) is 11.6. The average molecular weight is 341 g/mol. The van der Waals surface area contributed by atoms with Crippen molar-refractivity contribution in [2.24, 2.45) is 0 Å². The molecule has 0 atom stereocenters. The van der Waals surface area contributed by atoms with Crippen LogP contribution in [0.3, 0.4) is 0 Å². The third-order valence-electron chi connectivity index (χ3n) is 3.93. The van der Waals surface area contributed by atoms with Crippen LogP contribution < -0.4 is 4.74 Å². The number of fused-ring (bicyclic) bond motifs is 1. The van der Waals surface area contributed by atoms with Crippen molar-refractivity contribution in [2.75, 3.05) is 13.2 Å². The highest BCUT2D eigenvalue weighted by Gasteiger charge is 2.09. The van der Waals surface area contributed by atoms with Crippen LogP contribution in [0.1, 0.15) is 29.3 Å². The highest BCUT2D eigenvalue weighted by Crippen LogP contribution is 2.21. The second-order valence-electron chi connectivity index (χ2n) is 5.70. The van der Waals surface area contributed by atoms with Gasteiger partial charge < -0.3 is 14.5 Å². The minimum absolute atomic E-state index is 0.256. The fraction of sp³-hybridized carbons (Fsp3) is 0.250. The Morgan fingerprint density at radius 2 is 2.08 bits per heavy atom. The van der Waals surface area contributed by atoms with Crippen LogP contribution in [0, 0.1) is 5.82 Å². The van der Waals surface area contributed by atoms with Gasteiger partial charge in [-0.1, -0.05) is 6.07 Å². The van der Waals surface area contributed by atoms with E-state index in [1.165, 1.54) is 12.1 Å². The van der Waals surface area contributed by atoms with Crippen molar-refractivity contribution in [1.29, 1.82) is 0 Å². The molecule has 5 heteroatoms. The van der Waals surface area contributed by atoms with Gasteiger partial charge in [-0.05, 0) is 61.7 Å². The van der Waals surface area contributed by atoms with Crippen molar-refractivity contribution in [1.82, 2.24) is 4.98 Å². The lowest BCUT2D eigenvalue weighted by molar-refractivity contribution is 0.0500.